The maximum Gasteiger partial charge on any atom is 0.242 e. The van der Waals surface area contributed by atoms with Crippen LogP contribution in [0.15, 0.2) is 23.5 Å². The molecular formula is C16H31IN6O. The molecule has 0 saturated carbocycles. The monoisotopic (exact) mass is 450 g/mol. The van der Waals surface area contributed by atoms with Crippen molar-refractivity contribution in [3.8, 4) is 0 Å². The van der Waals surface area contributed by atoms with Gasteiger partial charge in [0.2, 0.25) is 5.91 Å². The Morgan fingerprint density at radius 1 is 1.33 bits per heavy atom. The van der Waals surface area contributed by atoms with Gasteiger partial charge in [0.1, 0.15) is 6.54 Å². The second-order valence-corrected chi connectivity index (χ2v) is 6.71. The van der Waals surface area contributed by atoms with E-state index in [1.807, 2.05) is 44.6 Å². The van der Waals surface area contributed by atoms with Gasteiger partial charge in [0.05, 0.1) is 0 Å². The summed E-state index contributed by atoms with van der Waals surface area (Å²) in [6.45, 7) is 12.5. The first kappa shape index (κ1) is 22.7. The zero-order chi connectivity index (χ0) is 17.3. The first-order chi connectivity index (χ1) is 10.8. The van der Waals surface area contributed by atoms with Crippen LogP contribution in [0.2, 0.25) is 0 Å². The van der Waals surface area contributed by atoms with Gasteiger partial charge in [-0.05, 0) is 39.7 Å². The highest BCUT2D eigenvalue weighted by molar-refractivity contribution is 14.0. The normalized spacial score (nSPS) is 13.0. The van der Waals surface area contributed by atoms with E-state index in [1.165, 1.54) is 0 Å². The lowest BCUT2D eigenvalue weighted by Crippen LogP contribution is -2.43. The predicted molar refractivity (Wildman–Crippen MR) is 109 cm³/mol. The molecule has 0 aromatic carbocycles. The number of carbonyl (C=O) groups is 1. The molecule has 1 heterocycles. The van der Waals surface area contributed by atoms with E-state index in [-0.39, 0.29) is 42.0 Å². The van der Waals surface area contributed by atoms with Crippen LogP contribution in [-0.2, 0) is 11.3 Å². The summed E-state index contributed by atoms with van der Waals surface area (Å²) in [5, 5.41) is 13.5. The van der Waals surface area contributed by atoms with Gasteiger partial charge in [-0.25, -0.2) is 4.99 Å². The minimum atomic E-state index is -0.239. The molecule has 8 heteroatoms. The average molecular weight is 450 g/mol. The molecule has 0 aliphatic heterocycles. The summed E-state index contributed by atoms with van der Waals surface area (Å²) in [6, 6.07) is 1.92. The molecule has 1 aromatic heterocycles. The van der Waals surface area contributed by atoms with Gasteiger partial charge in [0.25, 0.3) is 0 Å². The maximum atomic E-state index is 11.8. The standard InChI is InChI=1S/C16H30N6O.HI/c1-6-17-15(19-11-14(23)21-16(3,4)5)18-10-13(2)12-22-9-7-8-20-22;/h7-9,13H,6,10-12H2,1-5H3,(H,21,23)(H2,17,18,19);1H. The Labute approximate surface area is 162 Å². The van der Waals surface area contributed by atoms with Gasteiger partial charge in [-0.15, -0.1) is 24.0 Å². The van der Waals surface area contributed by atoms with Crippen LogP contribution in [0.4, 0.5) is 0 Å². The lowest BCUT2D eigenvalue weighted by Gasteiger charge is -2.20. The minimum absolute atomic E-state index is 0. The Kier molecular flexibility index (Phi) is 10.7. The van der Waals surface area contributed by atoms with Gasteiger partial charge >= 0.3 is 0 Å². The fraction of sp³-hybridized carbons (Fsp3) is 0.688. The summed E-state index contributed by atoms with van der Waals surface area (Å²) in [5.74, 6) is 0.963. The van der Waals surface area contributed by atoms with E-state index >= 15 is 0 Å². The Morgan fingerprint density at radius 2 is 2.04 bits per heavy atom. The van der Waals surface area contributed by atoms with Gasteiger partial charge in [-0.2, -0.15) is 5.10 Å². The van der Waals surface area contributed by atoms with Crippen molar-refractivity contribution in [1.29, 1.82) is 0 Å². The molecule has 3 N–H and O–H groups in total. The first-order valence-electron chi connectivity index (χ1n) is 8.10. The lowest BCUT2D eigenvalue weighted by atomic mass is 10.1. The first-order valence-corrected chi connectivity index (χ1v) is 8.10. The van der Waals surface area contributed by atoms with Crippen molar-refractivity contribution >= 4 is 35.8 Å². The fourth-order valence-electron chi connectivity index (χ4n) is 2.01. The fourth-order valence-corrected chi connectivity index (χ4v) is 2.01. The van der Waals surface area contributed by atoms with E-state index in [0.29, 0.717) is 11.9 Å². The highest BCUT2D eigenvalue weighted by Crippen LogP contribution is 1.99. The third kappa shape index (κ3) is 10.5. The smallest absolute Gasteiger partial charge is 0.242 e. The summed E-state index contributed by atoms with van der Waals surface area (Å²) in [6.07, 6.45) is 3.73. The van der Waals surface area contributed by atoms with E-state index in [0.717, 1.165) is 19.6 Å². The van der Waals surface area contributed by atoms with Crippen LogP contribution in [0, 0.1) is 5.92 Å². The number of aromatic nitrogens is 2. The van der Waals surface area contributed by atoms with Gasteiger partial charge in [0.15, 0.2) is 5.96 Å². The predicted octanol–water partition coefficient (Wildman–Crippen LogP) is 1.61. The van der Waals surface area contributed by atoms with Crippen molar-refractivity contribution in [3.05, 3.63) is 18.5 Å². The molecule has 0 aliphatic rings. The number of guanidine groups is 1. The largest absolute Gasteiger partial charge is 0.357 e. The number of hydrogen-bond donors (Lipinski definition) is 3. The molecule has 1 rings (SSSR count). The number of hydrogen-bond acceptors (Lipinski definition) is 3. The van der Waals surface area contributed by atoms with E-state index in [1.54, 1.807) is 6.20 Å². The van der Waals surface area contributed by atoms with Crippen molar-refractivity contribution in [3.63, 3.8) is 0 Å². The number of aliphatic imine (C=N–C) groups is 1. The number of amides is 1. The molecule has 7 nitrogen and oxygen atoms in total. The number of carbonyl (C=O) groups excluding carboxylic acids is 1. The molecule has 0 radical (unpaired) electrons. The second-order valence-electron chi connectivity index (χ2n) is 6.71. The molecule has 1 atom stereocenters. The van der Waals surface area contributed by atoms with Gasteiger partial charge in [-0.1, -0.05) is 6.92 Å². The summed E-state index contributed by atoms with van der Waals surface area (Å²) >= 11 is 0. The van der Waals surface area contributed by atoms with Crippen LogP contribution in [0.25, 0.3) is 0 Å². The van der Waals surface area contributed by atoms with Gasteiger partial charge in [-0.3, -0.25) is 9.48 Å². The summed E-state index contributed by atoms with van der Waals surface area (Å²) < 4.78 is 1.91. The van der Waals surface area contributed by atoms with Crippen molar-refractivity contribution in [2.24, 2.45) is 10.9 Å². The molecular weight excluding hydrogens is 419 g/mol. The van der Waals surface area contributed by atoms with Crippen molar-refractivity contribution < 1.29 is 4.79 Å². The lowest BCUT2D eigenvalue weighted by molar-refractivity contribution is -0.121. The van der Waals surface area contributed by atoms with Crippen molar-refractivity contribution in [2.45, 2.75) is 46.7 Å². The van der Waals surface area contributed by atoms with E-state index < -0.39 is 0 Å². The Bertz CT molecular complexity index is 495. The van der Waals surface area contributed by atoms with Gasteiger partial charge < -0.3 is 16.0 Å². The summed E-state index contributed by atoms with van der Waals surface area (Å²) in [4.78, 5) is 16.2. The van der Waals surface area contributed by atoms with Crippen molar-refractivity contribution in [1.82, 2.24) is 25.7 Å². The number of nitrogens with zero attached hydrogens (tertiary/aromatic N) is 3. The van der Waals surface area contributed by atoms with E-state index in [2.05, 4.69) is 33.0 Å². The van der Waals surface area contributed by atoms with Crippen LogP contribution in [0.3, 0.4) is 0 Å². The molecule has 0 aliphatic carbocycles. The number of halogens is 1. The van der Waals surface area contributed by atoms with Crippen LogP contribution in [-0.4, -0.2) is 46.8 Å². The summed E-state index contributed by atoms with van der Waals surface area (Å²) in [7, 11) is 0. The Balaban J connectivity index is 0.00000529. The quantitative estimate of drug-likeness (QED) is 0.335. The zero-order valence-corrected chi connectivity index (χ0v) is 17.6. The van der Waals surface area contributed by atoms with Crippen molar-refractivity contribution in [2.75, 3.05) is 19.6 Å². The third-order valence-electron chi connectivity index (χ3n) is 2.92. The number of rotatable bonds is 7. The zero-order valence-electron chi connectivity index (χ0n) is 15.3. The average Bonchev–Trinajstić information content (AvgIpc) is 2.93. The number of nitrogens with one attached hydrogen (secondary N) is 3. The molecule has 24 heavy (non-hydrogen) atoms. The minimum Gasteiger partial charge on any atom is -0.357 e. The van der Waals surface area contributed by atoms with E-state index in [4.69, 9.17) is 0 Å². The van der Waals surface area contributed by atoms with Crippen LogP contribution in [0.5, 0.6) is 0 Å². The molecule has 0 bridgehead atoms. The molecule has 138 valence electrons. The van der Waals surface area contributed by atoms with Crippen LogP contribution >= 0.6 is 24.0 Å². The summed E-state index contributed by atoms with van der Waals surface area (Å²) in [5.41, 5.74) is -0.239. The maximum absolute atomic E-state index is 11.8. The Morgan fingerprint density at radius 3 is 2.58 bits per heavy atom. The molecule has 0 saturated heterocycles. The van der Waals surface area contributed by atoms with Crippen LogP contribution < -0.4 is 16.0 Å². The Hall–Kier alpha value is -1.32. The highest BCUT2D eigenvalue weighted by Gasteiger charge is 2.13. The molecule has 1 aromatic rings. The molecule has 1 amide bonds. The molecule has 1 unspecified atom stereocenters. The SMILES string of the molecule is CCNC(=NCC(=O)NC(C)(C)C)NCC(C)Cn1cccn1.I. The highest BCUT2D eigenvalue weighted by atomic mass is 127. The third-order valence-corrected chi connectivity index (χ3v) is 2.92. The second kappa shape index (κ2) is 11.3. The topological polar surface area (TPSA) is 83.3 Å². The van der Waals surface area contributed by atoms with Crippen LogP contribution in [0.1, 0.15) is 34.6 Å². The van der Waals surface area contributed by atoms with Gasteiger partial charge in [0, 0.05) is 37.6 Å². The molecule has 0 fully saturated rings. The van der Waals surface area contributed by atoms with E-state index in [9.17, 15) is 4.79 Å². The molecule has 0 spiro atoms.